The number of hydrogen-bond acceptors (Lipinski definition) is 4. The number of carbonyl (C=O) groups excluding carboxylic acids is 2. The number of benzene rings is 1. The molecule has 1 aromatic carbocycles. The molecule has 1 heterocycles. The van der Waals surface area contributed by atoms with E-state index in [0.717, 1.165) is 57.4 Å². The lowest BCUT2D eigenvalue weighted by Crippen LogP contribution is -2.50. The summed E-state index contributed by atoms with van der Waals surface area (Å²) >= 11 is 0. The van der Waals surface area contributed by atoms with Crippen molar-refractivity contribution in [2.24, 2.45) is 0 Å². The van der Waals surface area contributed by atoms with Crippen molar-refractivity contribution in [1.82, 2.24) is 20.4 Å². The SMILES string of the molecule is CN1CCN([C@@H](CNC(=O)C(=O)NC2CCCC2)c2ccc(F)cc2)CC1. The average molecular weight is 376 g/mol. The minimum atomic E-state index is -0.594. The van der Waals surface area contributed by atoms with Crippen molar-refractivity contribution in [2.75, 3.05) is 39.8 Å². The van der Waals surface area contributed by atoms with Crippen LogP contribution in [0.4, 0.5) is 4.39 Å². The van der Waals surface area contributed by atoms with Gasteiger partial charge in [0.1, 0.15) is 5.82 Å². The van der Waals surface area contributed by atoms with E-state index in [2.05, 4.69) is 27.5 Å². The average Bonchev–Trinajstić information content (AvgIpc) is 3.17. The van der Waals surface area contributed by atoms with Crippen LogP contribution < -0.4 is 10.6 Å². The first-order chi connectivity index (χ1) is 13.0. The van der Waals surface area contributed by atoms with E-state index in [1.54, 1.807) is 12.1 Å². The molecule has 0 aromatic heterocycles. The van der Waals surface area contributed by atoms with Gasteiger partial charge in [0.15, 0.2) is 0 Å². The van der Waals surface area contributed by atoms with Crippen LogP contribution in [0.1, 0.15) is 37.3 Å². The fourth-order valence-electron chi connectivity index (χ4n) is 3.87. The summed E-state index contributed by atoms with van der Waals surface area (Å²) in [7, 11) is 2.08. The molecule has 1 aromatic rings. The van der Waals surface area contributed by atoms with E-state index in [9.17, 15) is 14.0 Å². The van der Waals surface area contributed by atoms with Crippen molar-refractivity contribution < 1.29 is 14.0 Å². The molecule has 0 radical (unpaired) electrons. The molecule has 2 N–H and O–H groups in total. The zero-order valence-electron chi connectivity index (χ0n) is 15.9. The summed E-state index contributed by atoms with van der Waals surface area (Å²) in [4.78, 5) is 28.9. The lowest BCUT2D eigenvalue weighted by atomic mass is 10.0. The van der Waals surface area contributed by atoms with Gasteiger partial charge >= 0.3 is 11.8 Å². The summed E-state index contributed by atoms with van der Waals surface area (Å²) in [5.41, 5.74) is 0.942. The summed E-state index contributed by atoms with van der Waals surface area (Å²) in [5, 5.41) is 5.59. The molecule has 0 bridgehead atoms. The highest BCUT2D eigenvalue weighted by atomic mass is 19.1. The summed E-state index contributed by atoms with van der Waals surface area (Å²) in [6.45, 7) is 3.93. The highest BCUT2D eigenvalue weighted by Gasteiger charge is 2.26. The van der Waals surface area contributed by atoms with Gasteiger partial charge in [0.05, 0.1) is 6.04 Å². The fourth-order valence-corrected chi connectivity index (χ4v) is 3.87. The van der Waals surface area contributed by atoms with E-state index in [4.69, 9.17) is 0 Å². The van der Waals surface area contributed by atoms with Gasteiger partial charge in [-0.3, -0.25) is 14.5 Å². The van der Waals surface area contributed by atoms with Crippen molar-refractivity contribution >= 4 is 11.8 Å². The number of nitrogens with zero attached hydrogens (tertiary/aromatic N) is 2. The van der Waals surface area contributed by atoms with Gasteiger partial charge in [0.25, 0.3) is 0 Å². The van der Waals surface area contributed by atoms with E-state index in [0.29, 0.717) is 6.54 Å². The van der Waals surface area contributed by atoms with Crippen molar-refractivity contribution in [3.05, 3.63) is 35.6 Å². The van der Waals surface area contributed by atoms with Gasteiger partial charge in [-0.25, -0.2) is 4.39 Å². The summed E-state index contributed by atoms with van der Waals surface area (Å²) < 4.78 is 13.3. The second-order valence-corrected chi connectivity index (χ2v) is 7.57. The van der Waals surface area contributed by atoms with Crippen LogP contribution in [-0.2, 0) is 9.59 Å². The molecule has 0 unspecified atom stereocenters. The third kappa shape index (κ3) is 5.49. The molecule has 148 valence electrons. The molecule has 1 saturated heterocycles. The quantitative estimate of drug-likeness (QED) is 0.760. The fraction of sp³-hybridized carbons (Fsp3) is 0.600. The van der Waals surface area contributed by atoms with Gasteiger partial charge in [0.2, 0.25) is 0 Å². The first kappa shape index (κ1) is 19.8. The maximum atomic E-state index is 13.3. The molecular weight excluding hydrogens is 347 g/mol. The van der Waals surface area contributed by atoms with Gasteiger partial charge in [-0.05, 0) is 37.6 Å². The van der Waals surface area contributed by atoms with E-state index < -0.39 is 11.8 Å². The number of hydrogen-bond donors (Lipinski definition) is 2. The predicted molar refractivity (Wildman–Crippen MR) is 102 cm³/mol. The Bertz CT molecular complexity index is 638. The number of halogens is 1. The number of likely N-dealkylation sites (N-methyl/N-ethyl adjacent to an activating group) is 1. The molecular formula is C20H29FN4O2. The molecule has 1 aliphatic heterocycles. The molecule has 1 aliphatic carbocycles. The van der Waals surface area contributed by atoms with Gasteiger partial charge in [0, 0.05) is 38.8 Å². The van der Waals surface area contributed by atoms with E-state index in [-0.39, 0.29) is 17.9 Å². The van der Waals surface area contributed by atoms with Crippen LogP contribution in [0.25, 0.3) is 0 Å². The molecule has 7 heteroatoms. The Kier molecular flexibility index (Phi) is 6.79. The molecule has 1 saturated carbocycles. The highest BCUT2D eigenvalue weighted by molar-refractivity contribution is 6.35. The zero-order chi connectivity index (χ0) is 19.2. The van der Waals surface area contributed by atoms with Crippen LogP contribution in [0.3, 0.4) is 0 Å². The van der Waals surface area contributed by atoms with E-state index in [1.165, 1.54) is 12.1 Å². The maximum Gasteiger partial charge on any atom is 0.309 e. The molecule has 0 spiro atoms. The van der Waals surface area contributed by atoms with Crippen LogP contribution >= 0.6 is 0 Å². The van der Waals surface area contributed by atoms with E-state index in [1.807, 2.05) is 0 Å². The summed E-state index contributed by atoms with van der Waals surface area (Å²) in [6, 6.07) is 6.42. The minimum absolute atomic E-state index is 0.0810. The molecule has 2 amide bonds. The lowest BCUT2D eigenvalue weighted by Gasteiger charge is -2.38. The Balaban J connectivity index is 1.61. The standard InChI is InChI=1S/C20H29FN4O2/c1-24-10-12-25(13-11-24)18(15-6-8-16(21)9-7-15)14-22-19(26)20(27)23-17-4-2-3-5-17/h6-9,17-18H,2-5,10-14H2,1H3,(H,22,26)(H,23,27)/t18-/m0/s1. The number of amides is 2. The molecule has 6 nitrogen and oxygen atoms in total. The van der Waals surface area contributed by atoms with Crippen LogP contribution in [0.2, 0.25) is 0 Å². The van der Waals surface area contributed by atoms with Gasteiger partial charge in [-0.15, -0.1) is 0 Å². The highest BCUT2D eigenvalue weighted by Crippen LogP contribution is 2.22. The third-order valence-electron chi connectivity index (χ3n) is 5.59. The number of nitrogens with one attached hydrogen (secondary N) is 2. The predicted octanol–water partition coefficient (Wildman–Crippen LogP) is 1.29. The van der Waals surface area contributed by atoms with Crippen molar-refractivity contribution in [3.8, 4) is 0 Å². The number of carbonyl (C=O) groups is 2. The largest absolute Gasteiger partial charge is 0.346 e. The number of rotatable bonds is 5. The smallest absolute Gasteiger partial charge is 0.309 e. The second kappa shape index (κ2) is 9.28. The Morgan fingerprint density at radius 2 is 1.70 bits per heavy atom. The number of piperazine rings is 1. The van der Waals surface area contributed by atoms with Crippen molar-refractivity contribution in [3.63, 3.8) is 0 Å². The summed E-state index contributed by atoms with van der Waals surface area (Å²) in [5.74, 6) is -1.43. The Morgan fingerprint density at radius 3 is 2.33 bits per heavy atom. The normalized spacial score (nSPS) is 20.4. The van der Waals surface area contributed by atoms with Crippen LogP contribution in [0.5, 0.6) is 0 Å². The Hall–Kier alpha value is -1.99. The van der Waals surface area contributed by atoms with Gasteiger partial charge in [-0.2, -0.15) is 0 Å². The van der Waals surface area contributed by atoms with Crippen molar-refractivity contribution in [2.45, 2.75) is 37.8 Å². The molecule has 3 rings (SSSR count). The zero-order valence-corrected chi connectivity index (χ0v) is 15.9. The van der Waals surface area contributed by atoms with Gasteiger partial charge in [-0.1, -0.05) is 25.0 Å². The lowest BCUT2D eigenvalue weighted by molar-refractivity contribution is -0.139. The third-order valence-corrected chi connectivity index (χ3v) is 5.59. The second-order valence-electron chi connectivity index (χ2n) is 7.57. The first-order valence-electron chi connectivity index (χ1n) is 9.79. The Labute approximate surface area is 160 Å². The maximum absolute atomic E-state index is 13.3. The van der Waals surface area contributed by atoms with E-state index >= 15 is 0 Å². The van der Waals surface area contributed by atoms with Crippen LogP contribution in [0.15, 0.2) is 24.3 Å². The summed E-state index contributed by atoms with van der Waals surface area (Å²) in [6.07, 6.45) is 4.09. The van der Waals surface area contributed by atoms with Crippen LogP contribution in [-0.4, -0.2) is 67.4 Å². The topological polar surface area (TPSA) is 64.7 Å². The van der Waals surface area contributed by atoms with Crippen molar-refractivity contribution in [1.29, 1.82) is 0 Å². The molecule has 1 atom stereocenters. The van der Waals surface area contributed by atoms with Gasteiger partial charge < -0.3 is 15.5 Å². The van der Waals surface area contributed by atoms with Crippen LogP contribution in [0, 0.1) is 5.82 Å². The molecule has 27 heavy (non-hydrogen) atoms. The Morgan fingerprint density at radius 1 is 1.07 bits per heavy atom. The monoisotopic (exact) mass is 376 g/mol. The minimum Gasteiger partial charge on any atom is -0.346 e. The molecule has 2 aliphatic rings. The first-order valence-corrected chi connectivity index (χ1v) is 9.79. The molecule has 2 fully saturated rings.